The maximum Gasteiger partial charge on any atom is 0.164 e. The van der Waals surface area contributed by atoms with Gasteiger partial charge in [-0.05, 0) is 25.7 Å². The predicted octanol–water partition coefficient (Wildman–Crippen LogP) is 2.41. The fourth-order valence-electron chi connectivity index (χ4n) is 1.64. The molecule has 0 atom stereocenters. The lowest BCUT2D eigenvalue weighted by Crippen LogP contribution is -2.29. The molecule has 2 heteroatoms. The first-order chi connectivity index (χ1) is 5.88. The Balaban J connectivity index is 2.29. The van der Waals surface area contributed by atoms with Crippen LogP contribution in [0.15, 0.2) is 0 Å². The molecular weight excluding hydrogens is 150 g/mol. The van der Waals surface area contributed by atoms with Gasteiger partial charge in [0, 0.05) is 19.7 Å². The molecule has 0 amide bonds. The summed E-state index contributed by atoms with van der Waals surface area (Å²) in [6.07, 6.45) is 6.03. The molecule has 0 unspecified atom stereocenters. The van der Waals surface area contributed by atoms with Gasteiger partial charge in [0.1, 0.15) is 0 Å². The second-order valence-electron chi connectivity index (χ2n) is 3.33. The van der Waals surface area contributed by atoms with Crippen LogP contribution in [0.3, 0.4) is 0 Å². The van der Waals surface area contributed by atoms with Crippen LogP contribution >= 0.6 is 0 Å². The van der Waals surface area contributed by atoms with Gasteiger partial charge >= 0.3 is 0 Å². The predicted molar refractivity (Wildman–Crippen MR) is 50.6 cm³/mol. The van der Waals surface area contributed by atoms with E-state index < -0.39 is 0 Å². The summed E-state index contributed by atoms with van der Waals surface area (Å²) in [5.74, 6) is 0. The van der Waals surface area contributed by atoms with Crippen LogP contribution in [-0.4, -0.2) is 24.6 Å². The van der Waals surface area contributed by atoms with Gasteiger partial charge in [-0.3, -0.25) is 4.90 Å². The van der Waals surface area contributed by atoms with Crippen molar-refractivity contribution in [3.05, 3.63) is 6.23 Å². The van der Waals surface area contributed by atoms with Crippen LogP contribution in [0, 0.1) is 6.23 Å². The molecule has 1 rings (SSSR count). The van der Waals surface area contributed by atoms with Crippen molar-refractivity contribution in [2.75, 3.05) is 19.7 Å². The minimum atomic E-state index is 0.930. The zero-order chi connectivity index (χ0) is 8.81. The second-order valence-corrected chi connectivity index (χ2v) is 3.33. The van der Waals surface area contributed by atoms with Gasteiger partial charge in [0.15, 0.2) is 6.23 Å². The van der Waals surface area contributed by atoms with Crippen LogP contribution in [0.4, 0.5) is 0 Å². The molecule has 0 aromatic heterocycles. The number of hydrogen-bond donors (Lipinski definition) is 0. The summed E-state index contributed by atoms with van der Waals surface area (Å²) in [5.41, 5.74) is 0. The summed E-state index contributed by atoms with van der Waals surface area (Å²) in [6, 6.07) is 0. The molecule has 0 aromatic carbocycles. The van der Waals surface area contributed by atoms with Crippen molar-refractivity contribution in [2.45, 2.75) is 39.5 Å². The highest BCUT2D eigenvalue weighted by Gasteiger charge is 2.23. The van der Waals surface area contributed by atoms with Crippen LogP contribution in [0.2, 0.25) is 0 Å². The van der Waals surface area contributed by atoms with Gasteiger partial charge in [-0.15, -0.1) is 0 Å². The van der Waals surface area contributed by atoms with Crippen molar-refractivity contribution < 1.29 is 4.74 Å². The highest BCUT2D eigenvalue weighted by Crippen LogP contribution is 2.23. The van der Waals surface area contributed by atoms with E-state index in [9.17, 15) is 0 Å². The first kappa shape index (κ1) is 10.0. The largest absolute Gasteiger partial charge is 0.356 e. The maximum absolute atomic E-state index is 5.56. The zero-order valence-electron chi connectivity index (χ0n) is 8.31. The lowest BCUT2D eigenvalue weighted by Gasteiger charge is -2.25. The van der Waals surface area contributed by atoms with Gasteiger partial charge in [-0.2, -0.15) is 0 Å². The van der Waals surface area contributed by atoms with Gasteiger partial charge in [0.25, 0.3) is 0 Å². The highest BCUT2D eigenvalue weighted by molar-refractivity contribution is 4.83. The Morgan fingerprint density at radius 3 is 2.33 bits per heavy atom. The van der Waals surface area contributed by atoms with Crippen LogP contribution < -0.4 is 0 Å². The maximum atomic E-state index is 5.56. The average Bonchev–Trinajstić information content (AvgIpc) is 2.56. The summed E-state index contributed by atoms with van der Waals surface area (Å²) in [7, 11) is 0. The first-order valence-corrected chi connectivity index (χ1v) is 5.12. The number of ether oxygens (including phenoxy) is 1. The van der Waals surface area contributed by atoms with E-state index in [1.54, 1.807) is 0 Å². The summed E-state index contributed by atoms with van der Waals surface area (Å²) in [5, 5.41) is 0. The van der Waals surface area contributed by atoms with Gasteiger partial charge in [0.2, 0.25) is 0 Å². The summed E-state index contributed by atoms with van der Waals surface area (Å²) in [6.45, 7) is 7.68. The Labute approximate surface area is 75.9 Å². The molecule has 0 spiro atoms. The van der Waals surface area contributed by atoms with E-state index in [0.717, 1.165) is 26.1 Å². The topological polar surface area (TPSA) is 12.5 Å². The van der Waals surface area contributed by atoms with E-state index >= 15 is 0 Å². The fourth-order valence-corrected chi connectivity index (χ4v) is 1.64. The van der Waals surface area contributed by atoms with Crippen molar-refractivity contribution in [3.63, 3.8) is 0 Å². The first-order valence-electron chi connectivity index (χ1n) is 5.12. The normalized spacial score (nSPS) is 19.2. The molecule has 1 aliphatic rings. The van der Waals surface area contributed by atoms with E-state index in [4.69, 9.17) is 4.74 Å². The third kappa shape index (κ3) is 2.76. The number of nitrogens with zero attached hydrogens (tertiary/aromatic N) is 1. The van der Waals surface area contributed by atoms with E-state index in [1.165, 1.54) is 25.5 Å². The smallest absolute Gasteiger partial charge is 0.164 e. The van der Waals surface area contributed by atoms with Crippen LogP contribution in [0.1, 0.15) is 39.5 Å². The lowest BCUT2D eigenvalue weighted by atomic mass is 10.3. The molecule has 71 valence electrons. The second kappa shape index (κ2) is 5.55. The minimum absolute atomic E-state index is 0.930. The SMILES string of the molecule is CCCN(CCC)[C]1CCCO1. The molecule has 1 fully saturated rings. The molecule has 2 nitrogen and oxygen atoms in total. The van der Waals surface area contributed by atoms with Crippen LogP contribution in [-0.2, 0) is 4.74 Å². The monoisotopic (exact) mass is 170 g/mol. The quantitative estimate of drug-likeness (QED) is 0.628. The molecule has 0 aliphatic carbocycles. The zero-order valence-corrected chi connectivity index (χ0v) is 8.31. The van der Waals surface area contributed by atoms with E-state index in [1.807, 2.05) is 0 Å². The van der Waals surface area contributed by atoms with E-state index in [2.05, 4.69) is 18.7 Å². The Morgan fingerprint density at radius 2 is 1.92 bits per heavy atom. The van der Waals surface area contributed by atoms with E-state index in [-0.39, 0.29) is 0 Å². The van der Waals surface area contributed by atoms with E-state index in [0.29, 0.717) is 0 Å². The molecule has 0 aromatic rings. The lowest BCUT2D eigenvalue weighted by molar-refractivity contribution is 0.0734. The average molecular weight is 170 g/mol. The number of rotatable bonds is 5. The molecule has 0 bridgehead atoms. The van der Waals surface area contributed by atoms with Crippen molar-refractivity contribution in [1.82, 2.24) is 4.90 Å². The van der Waals surface area contributed by atoms with Gasteiger partial charge < -0.3 is 4.74 Å². The Kier molecular flexibility index (Phi) is 4.62. The van der Waals surface area contributed by atoms with Crippen molar-refractivity contribution in [3.8, 4) is 0 Å². The summed E-state index contributed by atoms with van der Waals surface area (Å²) >= 11 is 0. The van der Waals surface area contributed by atoms with Gasteiger partial charge in [0.05, 0.1) is 0 Å². The van der Waals surface area contributed by atoms with Gasteiger partial charge in [-0.25, -0.2) is 0 Å². The summed E-state index contributed by atoms with van der Waals surface area (Å²) in [4.78, 5) is 2.40. The Morgan fingerprint density at radius 1 is 1.25 bits per heavy atom. The molecule has 12 heavy (non-hydrogen) atoms. The Bertz CT molecular complexity index is 104. The van der Waals surface area contributed by atoms with Crippen molar-refractivity contribution in [1.29, 1.82) is 0 Å². The Hall–Kier alpha value is -0.0800. The third-order valence-electron chi connectivity index (χ3n) is 2.14. The molecular formula is C10H20NO. The van der Waals surface area contributed by atoms with Crippen molar-refractivity contribution in [2.24, 2.45) is 0 Å². The molecule has 0 N–H and O–H groups in total. The van der Waals surface area contributed by atoms with Gasteiger partial charge in [-0.1, -0.05) is 13.8 Å². The molecule has 1 saturated heterocycles. The van der Waals surface area contributed by atoms with Crippen molar-refractivity contribution >= 4 is 0 Å². The van der Waals surface area contributed by atoms with Crippen LogP contribution in [0.25, 0.3) is 0 Å². The standard InChI is InChI=1S/C10H20NO/c1-3-7-11(8-4-2)10-6-5-9-12-10/h3-9H2,1-2H3. The molecule has 1 heterocycles. The number of hydrogen-bond acceptors (Lipinski definition) is 2. The third-order valence-corrected chi connectivity index (χ3v) is 2.14. The highest BCUT2D eigenvalue weighted by atomic mass is 16.5. The minimum Gasteiger partial charge on any atom is -0.356 e. The van der Waals surface area contributed by atoms with Crippen LogP contribution in [0.5, 0.6) is 0 Å². The fraction of sp³-hybridized carbons (Fsp3) is 0.900. The molecule has 0 saturated carbocycles. The molecule has 1 aliphatic heterocycles. The molecule has 1 radical (unpaired) electrons. The summed E-state index contributed by atoms with van der Waals surface area (Å²) < 4.78 is 5.56.